The number of fused-ring (bicyclic) bond motifs is 10. The number of halogens is 2. The maximum atomic E-state index is 2.97. The zero-order valence-corrected chi connectivity index (χ0v) is 55.3. The first-order chi connectivity index (χ1) is 42.2. The van der Waals surface area contributed by atoms with Crippen LogP contribution in [0.25, 0.3) is 143 Å². The molecule has 426 valence electrons. The van der Waals surface area contributed by atoms with Gasteiger partial charge >= 0.3 is 510 Å². The van der Waals surface area contributed by atoms with Gasteiger partial charge in [0.05, 0.1) is 0 Å². The van der Waals surface area contributed by atoms with Gasteiger partial charge in [-0.1, -0.05) is 0 Å². The van der Waals surface area contributed by atoms with E-state index in [0.29, 0.717) is 11.8 Å². The number of hydrogen-bond acceptors (Lipinski definition) is 0. The van der Waals surface area contributed by atoms with Crippen LogP contribution < -0.4 is 0 Å². The van der Waals surface area contributed by atoms with Crippen LogP contribution in [0.3, 0.4) is 0 Å². The fourth-order valence-electron chi connectivity index (χ4n) is 17.2. The summed E-state index contributed by atoms with van der Waals surface area (Å²) in [7, 11) is 0. The molecular weight excluding hydrogens is 1200 g/mol. The second kappa shape index (κ2) is 21.0. The quantitative estimate of drug-likeness (QED) is 0.0946. The zero-order chi connectivity index (χ0) is 57.0. The molecule has 0 amide bonds. The molecule has 0 radical (unpaired) electrons. The zero-order valence-electron chi connectivity index (χ0n) is 49.8. The van der Waals surface area contributed by atoms with Crippen LogP contribution in [0.15, 0.2) is 254 Å². The Morgan fingerprint density at radius 1 is 0.307 bits per heavy atom. The maximum absolute atomic E-state index is 4.72. The van der Waals surface area contributed by atoms with Gasteiger partial charge in [0, 0.05) is 0 Å². The Kier molecular flexibility index (Phi) is 13.3. The van der Waals surface area contributed by atoms with Crippen LogP contribution in [0.1, 0.15) is 68.0 Å². The third kappa shape index (κ3) is 8.68. The van der Waals surface area contributed by atoms with Crippen molar-refractivity contribution in [3.05, 3.63) is 276 Å². The predicted molar refractivity (Wildman–Crippen MR) is 386 cm³/mol. The molecule has 14 aromatic rings. The van der Waals surface area contributed by atoms with E-state index < -0.39 is 17.4 Å². The van der Waals surface area contributed by atoms with Crippen LogP contribution in [-0.4, -0.2) is 6.88 Å². The van der Waals surface area contributed by atoms with Crippen molar-refractivity contribution in [1.29, 1.82) is 0 Å². The van der Waals surface area contributed by atoms with Gasteiger partial charge < -0.3 is 0 Å². The van der Waals surface area contributed by atoms with Gasteiger partial charge in [-0.05, 0) is 0 Å². The molecule has 0 saturated heterocycles. The summed E-state index contributed by atoms with van der Waals surface area (Å²) in [6, 6.07) is 94.0. The first-order valence-corrected chi connectivity index (χ1v) is 45.3. The summed E-state index contributed by atoms with van der Waals surface area (Å²) in [5, 5.41) is 21.0. The number of allylic oxidation sites excluding steroid dienone is 2. The summed E-state index contributed by atoms with van der Waals surface area (Å²) in [5.74, 6) is 1.41. The van der Waals surface area contributed by atoms with E-state index in [1.54, 1.807) is 22.3 Å². The van der Waals surface area contributed by atoms with Crippen molar-refractivity contribution in [1.82, 2.24) is 0 Å². The third-order valence-corrected chi connectivity index (χ3v) is 38.4. The Balaban J connectivity index is 0.00000312. The predicted octanol–water partition coefficient (Wildman–Crippen LogP) is 23.9. The molecule has 0 heterocycles. The molecule has 0 bridgehead atoms. The van der Waals surface area contributed by atoms with E-state index in [1.165, 1.54) is 167 Å². The Labute approximate surface area is 530 Å². The van der Waals surface area contributed by atoms with Crippen LogP contribution in [0.5, 0.6) is 0 Å². The molecule has 4 heteroatoms. The van der Waals surface area contributed by atoms with Gasteiger partial charge in [-0.15, -0.1) is 24.8 Å². The van der Waals surface area contributed by atoms with Gasteiger partial charge in [0.1, 0.15) is 0 Å². The first kappa shape index (κ1) is 55.6. The molecule has 2 fully saturated rings. The van der Waals surface area contributed by atoms with Gasteiger partial charge in [0.25, 0.3) is 0 Å². The van der Waals surface area contributed by atoms with E-state index in [1.807, 2.05) is 0 Å². The van der Waals surface area contributed by atoms with Crippen molar-refractivity contribution in [2.75, 3.05) is 0 Å². The standard InChI is InChI=1S/2C41H29.2CH3.2ClH.H2Si.Zr/c2*1-5-13-32-28(9-1)24-29-10-2-6-14-33(29)40(32)36-19-20-37(39-23-27(22-38(36)39)21-26-17-18-26)41-34-15-7-3-11-30(34)25-31-12-4-8-16-35(31)41;;;;;;/h2*1-16,19-20,22-26H,17-18,21H2;2*1H3;2*1H;1H2;. The Morgan fingerprint density at radius 3 is 0.761 bits per heavy atom. The van der Waals surface area contributed by atoms with Crippen LogP contribution in [-0.2, 0) is 17.4 Å². The van der Waals surface area contributed by atoms with E-state index in [4.69, 9.17) is 0 Å². The van der Waals surface area contributed by atoms with Gasteiger partial charge in [0.15, 0.2) is 0 Å². The molecule has 88 heavy (non-hydrogen) atoms. The molecule has 14 aromatic carbocycles. The number of rotatable bonds is 10. The minimum atomic E-state index is -4.72. The SMILES string of the molecule is Cl.Cl.[CH3][Zr]([CH3])(=[SiH2])([CH]1C(CC2CC2)=Cc2c(-c3c4ccccc4cc4ccccc34)ccc(-c3c4ccccc4cc4ccccc34)c21)[CH]1C(CC2CC2)=Cc2c(-c3c4ccccc4cc4ccccc34)ccc(-c3c4ccccc4cc4ccccc34)c21. The summed E-state index contributed by atoms with van der Waals surface area (Å²) < 4.78 is 6.46. The molecule has 0 nitrogen and oxygen atoms in total. The van der Waals surface area contributed by atoms with Gasteiger partial charge in [-0.2, -0.15) is 0 Å². The van der Waals surface area contributed by atoms with Crippen LogP contribution in [0.2, 0.25) is 9.26 Å². The van der Waals surface area contributed by atoms with Crippen molar-refractivity contribution >= 4 is 130 Å². The van der Waals surface area contributed by atoms with Gasteiger partial charge in [0.2, 0.25) is 0 Å². The second-order valence-corrected chi connectivity index (χ2v) is 57.8. The Hall–Kier alpha value is -7.68. The topological polar surface area (TPSA) is 0 Å². The van der Waals surface area contributed by atoms with Crippen LogP contribution >= 0.6 is 24.8 Å². The molecule has 0 N–H and O–H groups in total. The second-order valence-electron chi connectivity index (χ2n) is 27.3. The third-order valence-electron chi connectivity index (χ3n) is 21.1. The van der Waals surface area contributed by atoms with E-state index in [2.05, 4.69) is 271 Å². The van der Waals surface area contributed by atoms with Gasteiger partial charge in [-0.25, -0.2) is 0 Å². The van der Waals surface area contributed by atoms with E-state index >= 15 is 0 Å². The van der Waals surface area contributed by atoms with Gasteiger partial charge in [-0.3, -0.25) is 0 Å². The van der Waals surface area contributed by atoms with Crippen LogP contribution in [0, 0.1) is 11.8 Å². The normalized spacial score (nSPS) is 16.5. The molecule has 2 atom stereocenters. The van der Waals surface area contributed by atoms with E-state index in [-0.39, 0.29) is 32.1 Å². The monoisotopic (exact) mass is 1260 g/mol. The van der Waals surface area contributed by atoms with Crippen molar-refractivity contribution in [2.24, 2.45) is 11.8 Å². The average molecular weight is 1270 g/mol. The van der Waals surface area contributed by atoms with Crippen molar-refractivity contribution in [3.63, 3.8) is 0 Å². The fourth-order valence-corrected chi connectivity index (χ4v) is 36.7. The summed E-state index contributed by atoms with van der Waals surface area (Å²) in [5.41, 5.74) is 20.6. The first-order valence-electron chi connectivity index (χ1n) is 31.6. The van der Waals surface area contributed by atoms with Crippen molar-refractivity contribution < 1.29 is 17.4 Å². The Morgan fingerprint density at radius 2 is 0.523 bits per heavy atom. The van der Waals surface area contributed by atoms with E-state index in [9.17, 15) is 0 Å². The molecular formula is C84H68Cl2SiZr. The number of hydrogen-bond donors (Lipinski definition) is 0. The number of benzene rings is 14. The molecule has 0 aromatic heterocycles. The fraction of sp³-hybridized carbons (Fsp3) is 0.143. The van der Waals surface area contributed by atoms with E-state index in [0.717, 1.165) is 12.8 Å². The molecule has 2 saturated carbocycles. The molecule has 4 aliphatic carbocycles. The summed E-state index contributed by atoms with van der Waals surface area (Å²) in [4.78, 5) is 0. The summed E-state index contributed by atoms with van der Waals surface area (Å²) >= 11 is -4.72. The molecule has 4 aliphatic rings. The summed E-state index contributed by atoms with van der Waals surface area (Å²) in [6.07, 6.45) is 13.2. The minimum absolute atomic E-state index is 0. The molecule has 0 aliphatic heterocycles. The molecule has 2 unspecified atom stereocenters. The average Bonchev–Trinajstić information content (AvgIpc) is 1.48. The molecule has 18 rings (SSSR count). The summed E-state index contributed by atoms with van der Waals surface area (Å²) in [6.45, 7) is 2.59. The Bertz CT molecular complexity index is 4890. The molecule has 0 spiro atoms. The van der Waals surface area contributed by atoms with Crippen LogP contribution in [0.4, 0.5) is 0 Å². The van der Waals surface area contributed by atoms with Crippen molar-refractivity contribution in [2.45, 2.75) is 55.0 Å². The van der Waals surface area contributed by atoms with Crippen molar-refractivity contribution in [3.8, 4) is 44.5 Å².